The number of amides is 3. The molecule has 2 unspecified atom stereocenters. The minimum absolute atomic E-state index is 0.245. The Bertz CT molecular complexity index is 1090. The highest BCUT2D eigenvalue weighted by atomic mass is 16.4. The summed E-state index contributed by atoms with van der Waals surface area (Å²) in [5.74, 6) is -2.81. The summed E-state index contributed by atoms with van der Waals surface area (Å²) in [5, 5.41) is 15.8. The van der Waals surface area contributed by atoms with Crippen LogP contribution in [0.1, 0.15) is 43.5 Å². The van der Waals surface area contributed by atoms with Crippen LogP contribution in [0.4, 0.5) is 0 Å². The van der Waals surface area contributed by atoms with Crippen molar-refractivity contribution in [1.29, 1.82) is 0 Å². The lowest BCUT2D eigenvalue weighted by Crippen LogP contribution is -2.56. The molecule has 1 saturated heterocycles. The van der Waals surface area contributed by atoms with Gasteiger partial charge in [0.2, 0.25) is 11.8 Å². The molecule has 2 aromatic carbocycles. The number of benzene rings is 2. The lowest BCUT2D eigenvalue weighted by molar-refractivity contribution is -0.142. The van der Waals surface area contributed by atoms with Crippen molar-refractivity contribution >= 4 is 40.7 Å². The molecule has 1 aliphatic heterocycles. The Morgan fingerprint density at radius 1 is 1.09 bits per heavy atom. The van der Waals surface area contributed by atoms with Gasteiger partial charge in [-0.2, -0.15) is 0 Å². The summed E-state index contributed by atoms with van der Waals surface area (Å²) in [4.78, 5) is 62.8. The molecule has 9 heteroatoms. The molecule has 0 radical (unpaired) electrons. The summed E-state index contributed by atoms with van der Waals surface area (Å²) in [6.07, 6.45) is 0.801. The zero-order chi connectivity index (χ0) is 24.8. The van der Waals surface area contributed by atoms with Crippen molar-refractivity contribution in [1.82, 2.24) is 15.5 Å². The number of hydrogen-bond donors (Lipinski definition) is 3. The average Bonchev–Trinajstić information content (AvgIpc) is 3.30. The Morgan fingerprint density at radius 3 is 2.47 bits per heavy atom. The van der Waals surface area contributed by atoms with Crippen molar-refractivity contribution in [2.24, 2.45) is 5.92 Å². The van der Waals surface area contributed by atoms with Gasteiger partial charge in [-0.05, 0) is 35.6 Å². The lowest BCUT2D eigenvalue weighted by atomic mass is 10.00. The zero-order valence-electron chi connectivity index (χ0n) is 19.2. The number of aliphatic carboxylic acids is 1. The highest BCUT2D eigenvalue weighted by molar-refractivity contribution is 6.08. The largest absolute Gasteiger partial charge is 0.481 e. The van der Waals surface area contributed by atoms with Gasteiger partial charge in [-0.25, -0.2) is 0 Å². The number of rotatable bonds is 9. The van der Waals surface area contributed by atoms with Crippen LogP contribution in [0.25, 0.3) is 10.8 Å². The Morgan fingerprint density at radius 2 is 1.79 bits per heavy atom. The first kappa shape index (κ1) is 24.9. The van der Waals surface area contributed by atoms with Crippen LogP contribution in [0.15, 0.2) is 42.5 Å². The highest BCUT2D eigenvalue weighted by Gasteiger charge is 2.39. The molecule has 1 heterocycles. The maximum atomic E-state index is 13.4. The maximum absolute atomic E-state index is 13.4. The number of carbonyl (C=O) groups excluding carboxylic acids is 4. The summed E-state index contributed by atoms with van der Waals surface area (Å²) in [5.41, 5.74) is 0.453. The first-order valence-electron chi connectivity index (χ1n) is 11.3. The first-order chi connectivity index (χ1) is 16.2. The van der Waals surface area contributed by atoms with E-state index in [9.17, 15) is 24.0 Å². The Labute approximate surface area is 197 Å². The van der Waals surface area contributed by atoms with E-state index in [-0.39, 0.29) is 17.7 Å². The third-order valence-corrected chi connectivity index (χ3v) is 5.98. The van der Waals surface area contributed by atoms with Crippen molar-refractivity contribution in [3.63, 3.8) is 0 Å². The molecule has 34 heavy (non-hydrogen) atoms. The van der Waals surface area contributed by atoms with Gasteiger partial charge in [-0.3, -0.25) is 19.2 Å². The third kappa shape index (κ3) is 5.59. The zero-order valence-corrected chi connectivity index (χ0v) is 19.2. The van der Waals surface area contributed by atoms with Gasteiger partial charge >= 0.3 is 5.97 Å². The number of fused-ring (bicyclic) bond motifs is 1. The Kier molecular flexibility index (Phi) is 7.99. The van der Waals surface area contributed by atoms with Gasteiger partial charge in [0.05, 0.1) is 12.5 Å². The van der Waals surface area contributed by atoms with Gasteiger partial charge < -0.3 is 25.4 Å². The molecule has 0 aromatic heterocycles. The molecule has 3 N–H and O–H groups in total. The van der Waals surface area contributed by atoms with E-state index in [0.717, 1.165) is 10.8 Å². The van der Waals surface area contributed by atoms with E-state index in [1.807, 2.05) is 44.2 Å². The molecule has 0 spiro atoms. The smallest absolute Gasteiger partial charge is 0.305 e. The van der Waals surface area contributed by atoms with Crippen LogP contribution < -0.4 is 10.6 Å². The van der Waals surface area contributed by atoms with E-state index in [1.165, 1.54) is 4.90 Å². The molecule has 9 nitrogen and oxygen atoms in total. The van der Waals surface area contributed by atoms with Crippen molar-refractivity contribution in [2.45, 2.75) is 51.2 Å². The fourth-order valence-corrected chi connectivity index (χ4v) is 4.24. The Hall–Kier alpha value is -3.75. The number of carboxylic acids is 1. The molecule has 3 amide bonds. The van der Waals surface area contributed by atoms with Crippen LogP contribution in [0.2, 0.25) is 0 Å². The molecule has 2 aromatic rings. The number of nitrogens with one attached hydrogen (secondary N) is 2. The van der Waals surface area contributed by atoms with Crippen molar-refractivity contribution in [3.8, 4) is 0 Å². The number of aldehydes is 1. The summed E-state index contributed by atoms with van der Waals surface area (Å²) in [6.45, 7) is 3.95. The molecule has 1 fully saturated rings. The highest BCUT2D eigenvalue weighted by Crippen LogP contribution is 2.22. The normalized spacial score (nSPS) is 17.3. The molecule has 0 aliphatic carbocycles. The second-order valence-corrected chi connectivity index (χ2v) is 8.76. The van der Waals surface area contributed by atoms with E-state index in [0.29, 0.717) is 31.2 Å². The van der Waals surface area contributed by atoms with Crippen LogP contribution in [0.3, 0.4) is 0 Å². The van der Waals surface area contributed by atoms with E-state index in [1.54, 1.807) is 12.1 Å². The lowest BCUT2D eigenvalue weighted by Gasteiger charge is -2.31. The van der Waals surface area contributed by atoms with Gasteiger partial charge in [0.15, 0.2) is 0 Å². The molecule has 180 valence electrons. The van der Waals surface area contributed by atoms with E-state index in [2.05, 4.69) is 10.6 Å². The van der Waals surface area contributed by atoms with Gasteiger partial charge in [0.25, 0.3) is 5.91 Å². The van der Waals surface area contributed by atoms with E-state index >= 15 is 0 Å². The molecule has 1 aliphatic rings. The number of hydrogen-bond acceptors (Lipinski definition) is 5. The van der Waals surface area contributed by atoms with Gasteiger partial charge in [0.1, 0.15) is 18.4 Å². The minimum Gasteiger partial charge on any atom is -0.481 e. The summed E-state index contributed by atoms with van der Waals surface area (Å²) < 4.78 is 0. The van der Waals surface area contributed by atoms with Gasteiger partial charge in [-0.15, -0.1) is 0 Å². The van der Waals surface area contributed by atoms with Crippen LogP contribution in [0.5, 0.6) is 0 Å². The fourth-order valence-electron chi connectivity index (χ4n) is 4.24. The second-order valence-electron chi connectivity index (χ2n) is 8.76. The summed E-state index contributed by atoms with van der Waals surface area (Å²) >= 11 is 0. The monoisotopic (exact) mass is 467 g/mol. The van der Waals surface area contributed by atoms with Gasteiger partial charge in [-0.1, -0.05) is 50.2 Å². The molecule has 0 bridgehead atoms. The number of likely N-dealkylation sites (tertiary alicyclic amines) is 1. The quantitative estimate of drug-likeness (QED) is 0.481. The Balaban J connectivity index is 1.76. The van der Waals surface area contributed by atoms with Crippen LogP contribution in [0, 0.1) is 5.92 Å². The molecule has 3 atom stereocenters. The van der Waals surface area contributed by atoms with Crippen molar-refractivity contribution in [2.75, 3.05) is 6.54 Å². The standard InChI is InChI=1S/C25H29N3O6/c1-15(2)22(27-23(32)19-10-5-8-16-7-3-4-9-18(16)19)25(34)28-12-6-11-20(28)24(33)26-17(14-29)13-21(30)31/h3-5,7-10,14-15,17,20,22H,6,11-13H2,1-2H3,(H,26,33)(H,27,32)(H,30,31)/t17?,20-,22?/m0/s1. The molecular weight excluding hydrogens is 438 g/mol. The molecule has 0 saturated carbocycles. The van der Waals surface area contributed by atoms with E-state index in [4.69, 9.17) is 5.11 Å². The topological polar surface area (TPSA) is 133 Å². The molecule has 3 rings (SSSR count). The van der Waals surface area contributed by atoms with Crippen LogP contribution in [-0.2, 0) is 19.2 Å². The van der Waals surface area contributed by atoms with Crippen molar-refractivity contribution < 1.29 is 29.1 Å². The number of nitrogens with zero attached hydrogens (tertiary/aromatic N) is 1. The minimum atomic E-state index is -1.22. The maximum Gasteiger partial charge on any atom is 0.305 e. The fraction of sp³-hybridized carbons (Fsp3) is 0.400. The number of carboxylic acid groups (broad SMARTS) is 1. The third-order valence-electron chi connectivity index (χ3n) is 5.98. The van der Waals surface area contributed by atoms with Gasteiger partial charge in [0, 0.05) is 12.1 Å². The van der Waals surface area contributed by atoms with Crippen LogP contribution in [-0.4, -0.2) is 64.7 Å². The van der Waals surface area contributed by atoms with Crippen molar-refractivity contribution in [3.05, 3.63) is 48.0 Å². The first-order valence-corrected chi connectivity index (χ1v) is 11.3. The SMILES string of the molecule is CC(C)C(NC(=O)c1cccc2ccccc12)C(=O)N1CCC[C@H]1C(=O)NC(C=O)CC(=O)O. The summed E-state index contributed by atoms with van der Waals surface area (Å²) in [6, 6.07) is 10.00. The predicted molar refractivity (Wildman–Crippen MR) is 125 cm³/mol. The predicted octanol–water partition coefficient (Wildman–Crippen LogP) is 1.74. The second kappa shape index (κ2) is 10.9. The summed E-state index contributed by atoms with van der Waals surface area (Å²) in [7, 11) is 0. The average molecular weight is 468 g/mol. The van der Waals surface area contributed by atoms with Crippen LogP contribution >= 0.6 is 0 Å². The molecular formula is C25H29N3O6. The van der Waals surface area contributed by atoms with E-state index < -0.39 is 36.4 Å². The number of carbonyl (C=O) groups is 5.